The Bertz CT molecular complexity index is 1230. The van der Waals surface area contributed by atoms with Crippen molar-refractivity contribution in [1.82, 2.24) is 24.5 Å². The normalized spacial score (nSPS) is 18.6. The first-order chi connectivity index (χ1) is 18.1. The summed E-state index contributed by atoms with van der Waals surface area (Å²) in [5.41, 5.74) is 1.15. The molecule has 0 radical (unpaired) electrons. The van der Waals surface area contributed by atoms with Crippen LogP contribution in [0.1, 0.15) is 82.6 Å². The number of hydrogen-bond donors (Lipinski definition) is 3. The van der Waals surface area contributed by atoms with E-state index in [1.54, 1.807) is 35.4 Å². The summed E-state index contributed by atoms with van der Waals surface area (Å²) in [6, 6.07) is 5.72. The predicted molar refractivity (Wildman–Crippen MR) is 148 cm³/mol. The third kappa shape index (κ3) is 6.49. The molecule has 2 aliphatic carbocycles. The van der Waals surface area contributed by atoms with Gasteiger partial charge in [0.2, 0.25) is 0 Å². The topological polar surface area (TPSA) is 115 Å². The van der Waals surface area contributed by atoms with Crippen LogP contribution >= 0.6 is 0 Å². The lowest BCUT2D eigenvalue weighted by Crippen LogP contribution is -2.31. The molecule has 3 N–H and O–H groups in total. The quantitative estimate of drug-likeness (QED) is 0.419. The van der Waals surface area contributed by atoms with Crippen molar-refractivity contribution < 1.29 is 9.53 Å². The zero-order chi connectivity index (χ0) is 26.9. The van der Waals surface area contributed by atoms with E-state index in [1.807, 2.05) is 40.0 Å². The van der Waals surface area contributed by atoms with Crippen LogP contribution in [0, 0.1) is 0 Å². The van der Waals surface area contributed by atoms with Gasteiger partial charge in [0.05, 0.1) is 12.3 Å². The minimum atomic E-state index is -0.189. The summed E-state index contributed by atoms with van der Waals surface area (Å²) in [7, 11) is 3.50. The molecule has 5 rings (SSSR count). The van der Waals surface area contributed by atoms with E-state index in [4.69, 9.17) is 4.74 Å². The van der Waals surface area contributed by atoms with E-state index in [0.717, 1.165) is 38.5 Å². The fourth-order valence-electron chi connectivity index (χ4n) is 4.47. The maximum Gasteiger partial charge on any atom is 0.274 e. The molecule has 0 saturated heterocycles. The highest BCUT2D eigenvalue weighted by Gasteiger charge is 2.27. The molecule has 0 aliphatic heterocycles. The number of fused-ring (bicyclic) bond motifs is 1. The number of hydrogen-bond acceptors (Lipinski definition) is 7. The van der Waals surface area contributed by atoms with Crippen LogP contribution in [0.3, 0.4) is 0 Å². The lowest BCUT2D eigenvalue weighted by atomic mass is 9.92. The number of methoxy groups -OCH3 is 1. The van der Waals surface area contributed by atoms with Crippen molar-refractivity contribution in [3.63, 3.8) is 0 Å². The minimum absolute atomic E-state index is 0.104. The molecule has 202 valence electrons. The molecule has 1 amide bonds. The molecule has 2 aliphatic rings. The van der Waals surface area contributed by atoms with Crippen molar-refractivity contribution in [3.05, 3.63) is 46.5 Å². The first-order valence-electron chi connectivity index (χ1n) is 13.5. The van der Waals surface area contributed by atoms with Crippen LogP contribution < -0.4 is 21.5 Å². The van der Waals surface area contributed by atoms with E-state index < -0.39 is 0 Å². The van der Waals surface area contributed by atoms with Gasteiger partial charge in [-0.3, -0.25) is 9.59 Å². The molecule has 10 nitrogen and oxygen atoms in total. The molecule has 3 aromatic heterocycles. The van der Waals surface area contributed by atoms with Crippen LogP contribution in [-0.2, 0) is 4.74 Å². The highest BCUT2D eigenvalue weighted by molar-refractivity contribution is 6.00. The molecule has 2 atom stereocenters. The van der Waals surface area contributed by atoms with E-state index in [0.29, 0.717) is 28.5 Å². The number of rotatable bonds is 7. The van der Waals surface area contributed by atoms with Crippen molar-refractivity contribution in [1.29, 1.82) is 0 Å². The Labute approximate surface area is 218 Å². The van der Waals surface area contributed by atoms with Crippen LogP contribution in [0.5, 0.6) is 0 Å². The van der Waals surface area contributed by atoms with E-state index in [2.05, 4.69) is 26.0 Å². The number of anilines is 3. The van der Waals surface area contributed by atoms with Crippen LogP contribution in [-0.4, -0.2) is 51.4 Å². The van der Waals surface area contributed by atoms with Crippen LogP contribution in [0.4, 0.5) is 17.3 Å². The lowest BCUT2D eigenvalue weighted by molar-refractivity contribution is 0.0525. The molecule has 2 fully saturated rings. The number of ether oxygens (including phenoxy) is 1. The van der Waals surface area contributed by atoms with Gasteiger partial charge in [-0.1, -0.05) is 27.7 Å². The van der Waals surface area contributed by atoms with Crippen molar-refractivity contribution in [3.8, 4) is 0 Å². The summed E-state index contributed by atoms with van der Waals surface area (Å²) in [6.45, 7) is 8.00. The molecular weight excluding hydrogens is 470 g/mol. The van der Waals surface area contributed by atoms with Crippen LogP contribution in [0.25, 0.3) is 5.65 Å². The summed E-state index contributed by atoms with van der Waals surface area (Å²) in [6.07, 6.45) is 9.37. The van der Waals surface area contributed by atoms with E-state index in [1.165, 1.54) is 6.20 Å². The predicted octanol–water partition coefficient (Wildman–Crippen LogP) is 4.75. The fraction of sp³-hybridized carbons (Fsp3) is 0.556. The van der Waals surface area contributed by atoms with Crippen molar-refractivity contribution in [2.75, 3.05) is 24.8 Å². The molecule has 10 heteroatoms. The van der Waals surface area contributed by atoms with Gasteiger partial charge in [-0.25, -0.2) is 4.98 Å². The zero-order valence-electron chi connectivity index (χ0n) is 22.9. The third-order valence-electron chi connectivity index (χ3n) is 6.45. The summed E-state index contributed by atoms with van der Waals surface area (Å²) in [5, 5.41) is 13.5. The monoisotopic (exact) mass is 511 g/mol. The first-order valence-corrected chi connectivity index (χ1v) is 13.5. The second-order valence-electron chi connectivity index (χ2n) is 8.76. The Kier molecular flexibility index (Phi) is 10.1. The number of nitrogens with zero attached hydrogens (tertiary/aromatic N) is 4. The van der Waals surface area contributed by atoms with Gasteiger partial charge in [0.1, 0.15) is 22.9 Å². The largest absolute Gasteiger partial charge is 0.381 e. The average Bonchev–Trinajstić information content (AvgIpc) is 3.66. The van der Waals surface area contributed by atoms with Gasteiger partial charge >= 0.3 is 0 Å². The van der Waals surface area contributed by atoms with Gasteiger partial charge in [0.15, 0.2) is 5.65 Å². The van der Waals surface area contributed by atoms with Crippen LogP contribution in [0.2, 0.25) is 0 Å². The van der Waals surface area contributed by atoms with Crippen molar-refractivity contribution in [2.45, 2.75) is 84.4 Å². The molecule has 3 aromatic rings. The van der Waals surface area contributed by atoms with Gasteiger partial charge in [-0.15, -0.1) is 0 Å². The van der Waals surface area contributed by atoms with E-state index >= 15 is 0 Å². The molecule has 0 bridgehead atoms. The number of aromatic nitrogens is 4. The summed E-state index contributed by atoms with van der Waals surface area (Å²) in [5.74, 6) is 0.923. The summed E-state index contributed by atoms with van der Waals surface area (Å²) >= 11 is 0. The Balaban J connectivity index is 0.000000907. The minimum Gasteiger partial charge on any atom is -0.381 e. The Morgan fingerprint density at radius 1 is 1.14 bits per heavy atom. The van der Waals surface area contributed by atoms with Crippen molar-refractivity contribution in [2.24, 2.45) is 0 Å². The Morgan fingerprint density at radius 3 is 2.57 bits per heavy atom. The number of nitrogens with one attached hydrogen (secondary N) is 3. The van der Waals surface area contributed by atoms with E-state index in [-0.39, 0.29) is 29.7 Å². The van der Waals surface area contributed by atoms with Gasteiger partial charge in [0, 0.05) is 38.5 Å². The molecular formula is C27H41N7O3. The molecule has 0 aromatic carbocycles. The van der Waals surface area contributed by atoms with Gasteiger partial charge in [0.25, 0.3) is 11.5 Å². The molecule has 0 unspecified atom stereocenters. The zero-order valence-corrected chi connectivity index (χ0v) is 22.9. The maximum absolute atomic E-state index is 13.3. The van der Waals surface area contributed by atoms with Gasteiger partial charge in [-0.05, 0) is 50.7 Å². The van der Waals surface area contributed by atoms with Gasteiger partial charge in [-0.2, -0.15) is 9.61 Å². The average molecular weight is 512 g/mol. The lowest BCUT2D eigenvalue weighted by Gasteiger charge is -2.29. The molecule has 0 spiro atoms. The second kappa shape index (κ2) is 13.2. The van der Waals surface area contributed by atoms with Crippen molar-refractivity contribution >= 4 is 28.9 Å². The number of carbonyl (C=O) groups is 1. The highest BCUT2D eigenvalue weighted by Crippen LogP contribution is 2.29. The van der Waals surface area contributed by atoms with E-state index in [9.17, 15) is 9.59 Å². The summed E-state index contributed by atoms with van der Waals surface area (Å²) in [4.78, 5) is 30.5. The highest BCUT2D eigenvalue weighted by atomic mass is 16.5. The summed E-state index contributed by atoms with van der Waals surface area (Å²) < 4.78 is 8.91. The number of carbonyl (C=O) groups excluding carboxylic acids is 1. The maximum atomic E-state index is 13.3. The fourth-order valence-corrected chi connectivity index (χ4v) is 4.47. The number of pyridine rings is 1. The Hall–Kier alpha value is -3.40. The van der Waals surface area contributed by atoms with Crippen LogP contribution in [0.15, 0.2) is 35.4 Å². The molecule has 3 heterocycles. The molecule has 37 heavy (non-hydrogen) atoms. The Morgan fingerprint density at radius 2 is 1.89 bits per heavy atom. The van der Waals surface area contributed by atoms with Gasteiger partial charge < -0.3 is 25.3 Å². The second-order valence-corrected chi connectivity index (χ2v) is 8.76. The smallest absolute Gasteiger partial charge is 0.274 e. The first kappa shape index (κ1) is 28.2. The standard InChI is InChI=1S/C23H29N7O3.2C2H6/c1-24-20-12-19(28-21-17(13-25-30(20)21)22(31)26-14-8-9-14)27-18-7-4-10-29(23(18)32)15-5-3-6-16(11-15)33-2;2*1-2/h4,7,10,12-16,24H,3,5-6,8-9,11H2,1-2H3,(H,26,31)(H,27,28);2*1-2H3/t15-,16+;;/m0../s1. The SMILES string of the molecule is CC.CC.CNc1cc(Nc2cccn([C@H]3CCC[C@@H](OC)C3)c2=O)nc2c(C(=O)NC3CC3)cnn12. The third-order valence-corrected chi connectivity index (χ3v) is 6.45. The number of amides is 1. The molecule has 2 saturated carbocycles.